The maximum Gasteiger partial charge on any atom is 0.339 e. The number of allylic oxidation sites excluding steroid dienone is 2. The van der Waals surface area contributed by atoms with E-state index in [2.05, 4.69) is 84.9 Å². The topological polar surface area (TPSA) is 162 Å². The van der Waals surface area contributed by atoms with E-state index < -0.39 is 48.1 Å². The molecule has 5 aliphatic rings. The van der Waals surface area contributed by atoms with Gasteiger partial charge in [-0.25, -0.2) is 9.59 Å². The molecule has 0 radical (unpaired) electrons. The van der Waals surface area contributed by atoms with E-state index in [1.807, 2.05) is 13.0 Å². The predicted molar refractivity (Wildman–Crippen MR) is 262 cm³/mol. The first-order chi connectivity index (χ1) is 33.6. The quantitative estimate of drug-likeness (QED) is 0.0380. The number of carbonyl (C=O) groups is 2. The van der Waals surface area contributed by atoms with E-state index in [0.29, 0.717) is 41.5 Å². The molecule has 0 spiro atoms. The largest absolute Gasteiger partial charge is 0.483 e. The molecule has 0 amide bonds. The van der Waals surface area contributed by atoms with Crippen molar-refractivity contribution in [2.75, 3.05) is 26.6 Å². The van der Waals surface area contributed by atoms with Crippen molar-refractivity contribution in [1.29, 1.82) is 0 Å². The number of benzene rings is 4. The van der Waals surface area contributed by atoms with Crippen molar-refractivity contribution in [2.45, 2.75) is 120 Å². The van der Waals surface area contributed by atoms with Crippen LogP contribution in [0.4, 0.5) is 0 Å². The lowest BCUT2D eigenvalue weighted by Crippen LogP contribution is -2.58. The van der Waals surface area contributed by atoms with Crippen LogP contribution in [-0.2, 0) is 36.6 Å². The Hall–Kier alpha value is -5.85. The van der Waals surface area contributed by atoms with Crippen LogP contribution in [0.25, 0.3) is 11.0 Å². The van der Waals surface area contributed by atoms with Crippen molar-refractivity contribution in [3.05, 3.63) is 170 Å². The van der Waals surface area contributed by atoms with E-state index in [4.69, 9.17) is 23.4 Å². The number of hydrogen-bond donors (Lipinski definition) is 3. The zero-order valence-corrected chi connectivity index (χ0v) is 39.6. The Morgan fingerprint density at radius 3 is 2.36 bits per heavy atom. The molecule has 4 aromatic carbocycles. The number of aliphatic hydroxyl groups is 3. The van der Waals surface area contributed by atoms with Crippen LogP contribution in [0, 0.1) is 11.8 Å². The molecule has 1 fully saturated rings. The fourth-order valence-corrected chi connectivity index (χ4v) is 11.5. The van der Waals surface area contributed by atoms with Gasteiger partial charge in [0.1, 0.15) is 23.7 Å². The molecule has 1 aromatic heterocycles. The lowest BCUT2D eigenvalue weighted by molar-refractivity contribution is -0.201. The second-order valence-electron chi connectivity index (χ2n) is 19.7. The Balaban J connectivity index is 1.16. The van der Waals surface area contributed by atoms with Crippen LogP contribution < -0.4 is 10.4 Å². The Morgan fingerprint density at radius 1 is 0.826 bits per heavy atom. The van der Waals surface area contributed by atoms with Crippen molar-refractivity contribution in [1.82, 2.24) is 0 Å². The fourth-order valence-electron chi connectivity index (χ4n) is 11.5. The van der Waals surface area contributed by atoms with Crippen LogP contribution in [0.3, 0.4) is 0 Å². The molecule has 11 heteroatoms. The van der Waals surface area contributed by atoms with E-state index >= 15 is 4.79 Å². The molecular formula is C58H64O11. The summed E-state index contributed by atoms with van der Waals surface area (Å²) in [7, 11) is 0. The number of ether oxygens (including phenoxy) is 4. The maximum atomic E-state index is 15.1. The number of aryl methyl sites for hydroxylation is 1. The number of esters is 2. The Kier molecular flexibility index (Phi) is 15.0. The van der Waals surface area contributed by atoms with Crippen molar-refractivity contribution in [2.24, 2.45) is 11.8 Å². The highest BCUT2D eigenvalue weighted by atomic mass is 16.6. The maximum absolute atomic E-state index is 15.1. The molecule has 3 aliphatic heterocycles. The molecular weight excluding hydrogens is 873 g/mol. The summed E-state index contributed by atoms with van der Waals surface area (Å²) in [6.45, 7) is 2.51. The molecule has 69 heavy (non-hydrogen) atoms. The van der Waals surface area contributed by atoms with Gasteiger partial charge in [-0.05, 0) is 116 Å². The number of fused-ring (bicyclic) bond motifs is 11. The third-order valence-electron chi connectivity index (χ3n) is 15.3. The van der Waals surface area contributed by atoms with Crippen LogP contribution in [0.2, 0.25) is 0 Å². The molecule has 11 nitrogen and oxygen atoms in total. The first kappa shape index (κ1) is 48.2. The highest BCUT2D eigenvalue weighted by molar-refractivity contribution is 5.90. The van der Waals surface area contributed by atoms with Crippen LogP contribution >= 0.6 is 0 Å². The summed E-state index contributed by atoms with van der Waals surface area (Å²) in [6.07, 6.45) is 9.17. The predicted octanol–water partition coefficient (Wildman–Crippen LogP) is 9.83. The van der Waals surface area contributed by atoms with Gasteiger partial charge in [0.25, 0.3) is 0 Å². The van der Waals surface area contributed by atoms with Gasteiger partial charge in [-0.15, -0.1) is 0 Å². The summed E-state index contributed by atoms with van der Waals surface area (Å²) in [4.78, 5) is 44.0. The van der Waals surface area contributed by atoms with E-state index in [1.54, 1.807) is 25.1 Å². The standard InChI is InChI=1S/C58H64O11/c1-36(33-60)47-23-18-37-16-19-40(20-17-37)48-24-21-42(41-13-9-12-39(29-41)28-38-10-5-3-6-11-38)30-45(48)32-51(62)66-54-52-50(69-58(2,55(54)68-56(47)63)46-14-7-4-8-15-46)25-22-43-31-49(57(64)67-53(43)52)44(26-27-59)34-65-35-61/h3,5-6,9-13,16-17,19-22,24-25,29,31,42,44-46,48,54-55,59-61H,4,7-8,14-15,18,23,26-28,30,32-35H2,1-2H3. The monoisotopic (exact) mass is 936 g/mol. The van der Waals surface area contributed by atoms with Crippen LogP contribution in [0.1, 0.15) is 134 Å². The van der Waals surface area contributed by atoms with Gasteiger partial charge in [-0.1, -0.05) is 110 Å². The van der Waals surface area contributed by atoms with Gasteiger partial charge in [-0.3, -0.25) is 4.79 Å². The van der Waals surface area contributed by atoms with Crippen LogP contribution in [0.15, 0.2) is 130 Å². The lowest BCUT2D eigenvalue weighted by atomic mass is 9.71. The summed E-state index contributed by atoms with van der Waals surface area (Å²) >= 11 is 0. The Bertz CT molecular complexity index is 2730. The molecule has 7 atom stereocenters. The zero-order valence-electron chi connectivity index (χ0n) is 39.6. The molecule has 2 bridgehead atoms. The van der Waals surface area contributed by atoms with Crippen molar-refractivity contribution in [3.8, 4) is 5.75 Å². The van der Waals surface area contributed by atoms with E-state index in [1.165, 1.54) is 16.7 Å². The van der Waals surface area contributed by atoms with E-state index in [9.17, 15) is 24.9 Å². The van der Waals surface area contributed by atoms with Gasteiger partial charge < -0.3 is 38.7 Å². The number of rotatable bonds is 11. The van der Waals surface area contributed by atoms with Crippen LogP contribution in [0.5, 0.6) is 5.75 Å². The molecule has 7 unspecified atom stereocenters. The Morgan fingerprint density at radius 2 is 1.61 bits per heavy atom. The highest BCUT2D eigenvalue weighted by Crippen LogP contribution is 2.52. The molecule has 3 N–H and O–H groups in total. The molecule has 362 valence electrons. The van der Waals surface area contributed by atoms with Crippen LogP contribution in [-0.4, -0.2) is 65.6 Å². The number of hydrogen-bond acceptors (Lipinski definition) is 11. The van der Waals surface area contributed by atoms with Gasteiger partial charge in [-0.2, -0.15) is 0 Å². The minimum absolute atomic E-state index is 0.0240. The van der Waals surface area contributed by atoms with Crippen molar-refractivity contribution < 1.29 is 48.3 Å². The van der Waals surface area contributed by atoms with E-state index in [-0.39, 0.29) is 73.0 Å². The third kappa shape index (κ3) is 10.4. The van der Waals surface area contributed by atoms with Gasteiger partial charge in [0, 0.05) is 53.2 Å². The first-order valence-corrected chi connectivity index (χ1v) is 24.8. The normalized spacial score (nSPS) is 25.4. The molecule has 2 aliphatic carbocycles. The van der Waals surface area contributed by atoms with E-state index in [0.717, 1.165) is 49.7 Å². The smallest absolute Gasteiger partial charge is 0.339 e. The lowest BCUT2D eigenvalue weighted by Gasteiger charge is -2.50. The van der Waals surface area contributed by atoms with Gasteiger partial charge in [0.05, 0.1) is 18.8 Å². The molecule has 1 saturated carbocycles. The van der Waals surface area contributed by atoms with Crippen molar-refractivity contribution in [3.63, 3.8) is 0 Å². The minimum atomic E-state index is -1.26. The van der Waals surface area contributed by atoms with Gasteiger partial charge in [0.2, 0.25) is 0 Å². The summed E-state index contributed by atoms with van der Waals surface area (Å²) in [6, 6.07) is 32.8. The highest BCUT2D eigenvalue weighted by Gasteiger charge is 2.56. The second-order valence-corrected chi connectivity index (χ2v) is 19.7. The van der Waals surface area contributed by atoms with Gasteiger partial charge in [0.15, 0.2) is 12.2 Å². The molecule has 5 aromatic rings. The zero-order chi connectivity index (χ0) is 48.1. The molecule has 0 saturated heterocycles. The Labute approximate surface area is 403 Å². The SMILES string of the molecule is CC(CO)=C1CCc2ccc(cc2)C2C=CC(c3cccc(Cc4ccccc4)c3)CC2CC(=O)OC2c3c(ccc4cc(C(CCO)COCO)c(=O)oc34)OC(C)(C3CCCCC3)C2OC1=O. The molecule has 4 heterocycles. The summed E-state index contributed by atoms with van der Waals surface area (Å²) in [5, 5.41) is 30.3. The summed E-state index contributed by atoms with van der Waals surface area (Å²) in [5.41, 5.74) is 5.33. The molecule has 10 rings (SSSR count). The summed E-state index contributed by atoms with van der Waals surface area (Å²) < 4.78 is 32.2. The average Bonchev–Trinajstić information content (AvgIpc) is 3.36. The number of aliphatic hydroxyl groups excluding tert-OH is 3. The second kappa shape index (κ2) is 21.4. The van der Waals surface area contributed by atoms with Crippen molar-refractivity contribution >= 4 is 22.9 Å². The fraction of sp³-hybridized carbons (Fsp3) is 0.431. The number of carbonyl (C=O) groups excluding carboxylic acids is 2. The minimum Gasteiger partial charge on any atom is -0.483 e. The van der Waals surface area contributed by atoms with Gasteiger partial charge >= 0.3 is 17.6 Å². The first-order valence-electron chi connectivity index (χ1n) is 24.8. The summed E-state index contributed by atoms with van der Waals surface area (Å²) in [5.74, 6) is -1.68. The third-order valence-corrected chi connectivity index (χ3v) is 15.3. The average molecular weight is 937 g/mol.